The van der Waals surface area contributed by atoms with Gasteiger partial charge in [0.2, 0.25) is 5.82 Å². The van der Waals surface area contributed by atoms with Crippen LogP contribution in [0.5, 0.6) is 0 Å². The first-order valence-corrected chi connectivity index (χ1v) is 6.78. The first kappa shape index (κ1) is 13.9. The largest absolute Gasteiger partial charge is 0.363 e. The second kappa shape index (κ2) is 5.92. The molecule has 0 radical (unpaired) electrons. The summed E-state index contributed by atoms with van der Waals surface area (Å²) in [6.07, 6.45) is 1.58. The fourth-order valence-corrected chi connectivity index (χ4v) is 1.53. The Morgan fingerprint density at radius 1 is 1.65 bits per heavy atom. The lowest BCUT2D eigenvalue weighted by atomic mass is 10.3. The molecule has 1 rings (SSSR count). The van der Waals surface area contributed by atoms with E-state index in [1.807, 2.05) is 0 Å². The van der Waals surface area contributed by atoms with E-state index in [4.69, 9.17) is 11.6 Å². The quantitative estimate of drug-likeness (QED) is 0.504. The molecule has 17 heavy (non-hydrogen) atoms. The Kier molecular flexibility index (Phi) is 4.83. The maximum absolute atomic E-state index is 11.1. The van der Waals surface area contributed by atoms with Crippen molar-refractivity contribution in [3.05, 3.63) is 27.4 Å². The predicted octanol–water partition coefficient (Wildman–Crippen LogP) is 1.82. The van der Waals surface area contributed by atoms with E-state index in [0.717, 1.165) is 0 Å². The lowest BCUT2D eigenvalue weighted by Gasteiger charge is -2.10. The van der Waals surface area contributed by atoms with Gasteiger partial charge in [-0.15, -0.1) is 0 Å². The normalized spacial score (nSPS) is 14.1. The Morgan fingerprint density at radius 3 is 2.82 bits per heavy atom. The summed E-state index contributed by atoms with van der Waals surface area (Å²) in [5.74, 6) is 0.0970. The minimum absolute atomic E-state index is 0.0970. The molecule has 0 amide bonds. The van der Waals surface area contributed by atoms with Gasteiger partial charge in [-0.3, -0.25) is 14.3 Å². The fraction of sp³-hybridized carbons (Fsp3) is 0.444. The molecule has 0 saturated carbocycles. The maximum Gasteiger partial charge on any atom is 0.311 e. The van der Waals surface area contributed by atoms with Crippen molar-refractivity contribution in [3.8, 4) is 0 Å². The summed E-state index contributed by atoms with van der Waals surface area (Å²) < 4.78 is 11.1. The molecule has 0 aliphatic heterocycles. The Labute approximate surface area is 106 Å². The zero-order valence-corrected chi connectivity index (χ0v) is 10.9. The molecule has 2 atom stereocenters. The van der Waals surface area contributed by atoms with E-state index in [1.54, 1.807) is 13.2 Å². The maximum atomic E-state index is 11.1. The number of halogens is 1. The van der Waals surface area contributed by atoms with Gasteiger partial charge in [0.15, 0.2) is 0 Å². The number of anilines is 1. The number of nitro groups is 1. The Bertz CT molecular complexity index is 455. The molecule has 1 aromatic heterocycles. The molecular weight excluding hydrogens is 266 g/mol. The highest BCUT2D eigenvalue weighted by Crippen LogP contribution is 2.23. The Balaban J connectivity index is 2.85. The molecule has 2 unspecified atom stereocenters. The van der Waals surface area contributed by atoms with E-state index >= 15 is 0 Å². The lowest BCUT2D eigenvalue weighted by molar-refractivity contribution is -0.384. The monoisotopic (exact) mass is 277 g/mol. The number of nitrogens with zero attached hydrogens (tertiary/aromatic N) is 2. The molecule has 0 aromatic carbocycles. The number of hydrogen-bond donors (Lipinski definition) is 1. The lowest BCUT2D eigenvalue weighted by Crippen LogP contribution is -2.21. The number of pyridine rings is 1. The van der Waals surface area contributed by atoms with E-state index < -0.39 is 15.7 Å². The average Bonchev–Trinajstić information content (AvgIpc) is 2.25. The average molecular weight is 278 g/mol. The van der Waals surface area contributed by atoms with Crippen LogP contribution in [0.2, 0.25) is 5.15 Å². The zero-order valence-electron chi connectivity index (χ0n) is 9.34. The molecule has 8 heteroatoms. The van der Waals surface area contributed by atoms with Gasteiger partial charge in [0, 0.05) is 34.9 Å². The zero-order chi connectivity index (χ0) is 13.0. The summed E-state index contributed by atoms with van der Waals surface area (Å²) in [6, 6.07) is 2.64. The van der Waals surface area contributed by atoms with Crippen LogP contribution in [0.25, 0.3) is 0 Å². The van der Waals surface area contributed by atoms with Gasteiger partial charge in [0.1, 0.15) is 5.15 Å². The van der Waals surface area contributed by atoms with Crippen LogP contribution >= 0.6 is 11.6 Å². The summed E-state index contributed by atoms with van der Waals surface area (Å²) in [5.41, 5.74) is -0.150. The summed E-state index contributed by atoms with van der Waals surface area (Å²) in [5, 5.41) is 13.6. The van der Waals surface area contributed by atoms with Crippen molar-refractivity contribution < 1.29 is 9.13 Å². The Morgan fingerprint density at radius 2 is 2.29 bits per heavy atom. The number of hydrogen-bond acceptors (Lipinski definition) is 5. The van der Waals surface area contributed by atoms with Crippen LogP contribution in [0.15, 0.2) is 12.1 Å². The van der Waals surface area contributed by atoms with Gasteiger partial charge in [-0.1, -0.05) is 11.6 Å². The minimum Gasteiger partial charge on any atom is -0.363 e. The van der Waals surface area contributed by atoms with Crippen LogP contribution in [0, 0.1) is 10.1 Å². The van der Waals surface area contributed by atoms with Gasteiger partial charge >= 0.3 is 5.69 Å². The van der Waals surface area contributed by atoms with Gasteiger partial charge < -0.3 is 5.32 Å². The Hall–Kier alpha value is -1.21. The van der Waals surface area contributed by atoms with Crippen LogP contribution in [-0.4, -0.2) is 32.2 Å². The molecule has 0 saturated heterocycles. The van der Waals surface area contributed by atoms with Crippen LogP contribution in [0.1, 0.15) is 6.92 Å². The van der Waals surface area contributed by atoms with Gasteiger partial charge in [-0.2, -0.15) is 0 Å². The number of aromatic nitrogens is 1. The highest BCUT2D eigenvalue weighted by Gasteiger charge is 2.16. The summed E-state index contributed by atoms with van der Waals surface area (Å²) >= 11 is 5.67. The van der Waals surface area contributed by atoms with E-state index in [0.29, 0.717) is 6.54 Å². The van der Waals surface area contributed by atoms with Crippen LogP contribution in [-0.2, 0) is 10.8 Å². The first-order valence-electron chi connectivity index (χ1n) is 4.79. The van der Waals surface area contributed by atoms with Crippen molar-refractivity contribution in [3.63, 3.8) is 0 Å². The van der Waals surface area contributed by atoms with E-state index in [2.05, 4.69) is 10.3 Å². The van der Waals surface area contributed by atoms with Gasteiger partial charge in [-0.05, 0) is 13.0 Å². The molecule has 1 N–H and O–H groups in total. The molecule has 0 aliphatic carbocycles. The SMILES string of the molecule is CC(CNc1nc(Cl)ccc1[N+](=O)[O-])S(C)=O. The fourth-order valence-electron chi connectivity index (χ4n) is 1.06. The second-order valence-corrected chi connectivity index (χ2v) is 5.64. The smallest absolute Gasteiger partial charge is 0.311 e. The third-order valence-corrected chi connectivity index (χ3v) is 3.67. The van der Waals surface area contributed by atoms with Crippen LogP contribution < -0.4 is 5.32 Å². The third kappa shape index (κ3) is 3.94. The molecule has 0 fully saturated rings. The van der Waals surface area contributed by atoms with Crippen molar-refractivity contribution in [1.29, 1.82) is 0 Å². The molecule has 0 spiro atoms. The number of rotatable bonds is 5. The molecule has 1 aromatic rings. The van der Waals surface area contributed by atoms with Crippen molar-refractivity contribution in [2.75, 3.05) is 18.1 Å². The predicted molar refractivity (Wildman–Crippen MR) is 67.9 cm³/mol. The van der Waals surface area contributed by atoms with Crippen molar-refractivity contribution in [2.24, 2.45) is 0 Å². The summed E-state index contributed by atoms with van der Waals surface area (Å²) in [7, 11) is -1.000. The molecule has 94 valence electrons. The van der Waals surface area contributed by atoms with Crippen molar-refractivity contribution in [1.82, 2.24) is 4.98 Å². The van der Waals surface area contributed by atoms with E-state index in [1.165, 1.54) is 12.1 Å². The first-order chi connectivity index (χ1) is 7.91. The topological polar surface area (TPSA) is 85.1 Å². The van der Waals surface area contributed by atoms with Crippen LogP contribution in [0.3, 0.4) is 0 Å². The van der Waals surface area contributed by atoms with Crippen molar-refractivity contribution in [2.45, 2.75) is 12.2 Å². The standard InChI is InChI=1S/C9H12ClN3O3S/c1-6(17(2)16)5-11-9-7(13(14)15)3-4-8(10)12-9/h3-4,6H,5H2,1-2H3,(H,11,12). The van der Waals surface area contributed by atoms with E-state index in [-0.39, 0.29) is 21.9 Å². The molecule has 0 bridgehead atoms. The highest BCUT2D eigenvalue weighted by molar-refractivity contribution is 7.84. The van der Waals surface area contributed by atoms with E-state index in [9.17, 15) is 14.3 Å². The number of nitrogens with one attached hydrogen (secondary N) is 1. The summed E-state index contributed by atoms with van der Waals surface area (Å²) in [6.45, 7) is 2.11. The van der Waals surface area contributed by atoms with Gasteiger partial charge in [0.25, 0.3) is 0 Å². The summed E-state index contributed by atoms with van der Waals surface area (Å²) in [4.78, 5) is 14.0. The minimum atomic E-state index is -1.000. The highest BCUT2D eigenvalue weighted by atomic mass is 35.5. The molecule has 0 aliphatic rings. The molecular formula is C9H12ClN3O3S. The molecule has 6 nitrogen and oxygen atoms in total. The van der Waals surface area contributed by atoms with Crippen LogP contribution in [0.4, 0.5) is 11.5 Å². The molecule has 1 heterocycles. The third-order valence-electron chi connectivity index (χ3n) is 2.16. The van der Waals surface area contributed by atoms with Gasteiger partial charge in [-0.25, -0.2) is 4.98 Å². The van der Waals surface area contributed by atoms with Crippen molar-refractivity contribution >= 4 is 33.9 Å². The second-order valence-electron chi connectivity index (χ2n) is 3.45. The van der Waals surface area contributed by atoms with Gasteiger partial charge in [0.05, 0.1) is 4.92 Å².